The minimum absolute atomic E-state index is 0.192. The van der Waals surface area contributed by atoms with Crippen LogP contribution in [0.4, 0.5) is 0 Å². The molecule has 3 nitrogen and oxygen atoms in total. The molecule has 1 aromatic heterocycles. The van der Waals surface area contributed by atoms with Crippen molar-refractivity contribution in [3.05, 3.63) is 20.8 Å². The van der Waals surface area contributed by atoms with Gasteiger partial charge in [-0.05, 0) is 58.7 Å². The number of carbonyl (C=O) groups excluding carboxylic acids is 1. The fourth-order valence-corrected chi connectivity index (χ4v) is 4.32. The standard InChI is InChI=1S/C12H15BrN2OS/c13-10-2-4-17-11(10)12(16)15-3-1-8-5-14-6-9(8)7-15/h2,4,8-9,14H,1,3,5-7H2. The molecule has 0 aliphatic carbocycles. The van der Waals surface area contributed by atoms with Gasteiger partial charge in [0.15, 0.2) is 0 Å². The lowest BCUT2D eigenvalue weighted by Gasteiger charge is -2.34. The molecule has 2 fully saturated rings. The molecule has 2 aliphatic rings. The van der Waals surface area contributed by atoms with E-state index in [2.05, 4.69) is 21.2 Å². The number of likely N-dealkylation sites (tertiary alicyclic amines) is 1. The first-order valence-electron chi connectivity index (χ1n) is 5.98. The Morgan fingerprint density at radius 3 is 3.06 bits per heavy atom. The van der Waals surface area contributed by atoms with Crippen LogP contribution in [-0.4, -0.2) is 37.0 Å². The van der Waals surface area contributed by atoms with Gasteiger partial charge in [0.25, 0.3) is 5.91 Å². The molecule has 1 aromatic rings. The van der Waals surface area contributed by atoms with Crippen molar-refractivity contribution in [2.24, 2.45) is 11.8 Å². The molecule has 17 heavy (non-hydrogen) atoms. The van der Waals surface area contributed by atoms with E-state index in [0.717, 1.165) is 47.9 Å². The van der Waals surface area contributed by atoms with Gasteiger partial charge in [0.05, 0.1) is 0 Å². The minimum Gasteiger partial charge on any atom is -0.338 e. The Bertz CT molecular complexity index is 434. The van der Waals surface area contributed by atoms with E-state index in [4.69, 9.17) is 0 Å². The van der Waals surface area contributed by atoms with Crippen LogP contribution >= 0.6 is 27.3 Å². The van der Waals surface area contributed by atoms with Crippen molar-refractivity contribution >= 4 is 33.2 Å². The zero-order valence-electron chi connectivity index (χ0n) is 9.49. The summed E-state index contributed by atoms with van der Waals surface area (Å²) in [5.41, 5.74) is 0. The summed E-state index contributed by atoms with van der Waals surface area (Å²) in [6.45, 7) is 4.03. The molecule has 92 valence electrons. The topological polar surface area (TPSA) is 32.3 Å². The predicted molar refractivity (Wildman–Crippen MR) is 72.4 cm³/mol. The van der Waals surface area contributed by atoms with Crippen LogP contribution in [0, 0.1) is 11.8 Å². The van der Waals surface area contributed by atoms with Crippen molar-refractivity contribution in [2.75, 3.05) is 26.2 Å². The van der Waals surface area contributed by atoms with Crippen molar-refractivity contribution in [3.8, 4) is 0 Å². The highest BCUT2D eigenvalue weighted by molar-refractivity contribution is 9.10. The third-order valence-corrected chi connectivity index (χ3v) is 5.63. The van der Waals surface area contributed by atoms with Crippen LogP contribution in [0.15, 0.2) is 15.9 Å². The summed E-state index contributed by atoms with van der Waals surface area (Å²) >= 11 is 4.96. The number of fused-ring (bicyclic) bond motifs is 1. The van der Waals surface area contributed by atoms with Crippen molar-refractivity contribution in [1.82, 2.24) is 10.2 Å². The number of halogens is 1. The number of amides is 1. The van der Waals surface area contributed by atoms with Crippen molar-refractivity contribution in [2.45, 2.75) is 6.42 Å². The van der Waals surface area contributed by atoms with Gasteiger partial charge in [-0.2, -0.15) is 0 Å². The van der Waals surface area contributed by atoms with E-state index in [1.807, 2.05) is 16.3 Å². The number of carbonyl (C=O) groups is 1. The summed E-state index contributed by atoms with van der Waals surface area (Å²) in [5, 5.41) is 5.38. The number of hydrogen-bond donors (Lipinski definition) is 1. The van der Waals surface area contributed by atoms with E-state index >= 15 is 0 Å². The Hall–Kier alpha value is -0.390. The quantitative estimate of drug-likeness (QED) is 0.862. The largest absolute Gasteiger partial charge is 0.338 e. The van der Waals surface area contributed by atoms with Crippen molar-refractivity contribution in [3.63, 3.8) is 0 Å². The lowest BCUT2D eigenvalue weighted by atomic mass is 9.88. The van der Waals surface area contributed by atoms with Gasteiger partial charge in [-0.3, -0.25) is 4.79 Å². The summed E-state index contributed by atoms with van der Waals surface area (Å²) in [5.74, 6) is 1.63. The second-order valence-electron chi connectivity index (χ2n) is 4.82. The summed E-state index contributed by atoms with van der Waals surface area (Å²) in [6, 6.07) is 1.95. The molecule has 2 unspecified atom stereocenters. The van der Waals surface area contributed by atoms with E-state index in [1.165, 1.54) is 11.3 Å². The lowest BCUT2D eigenvalue weighted by molar-refractivity contribution is 0.0646. The highest BCUT2D eigenvalue weighted by atomic mass is 79.9. The minimum atomic E-state index is 0.192. The molecule has 0 spiro atoms. The highest BCUT2D eigenvalue weighted by Crippen LogP contribution is 2.30. The average Bonchev–Trinajstić information content (AvgIpc) is 2.95. The Balaban J connectivity index is 1.73. The second-order valence-corrected chi connectivity index (χ2v) is 6.59. The second kappa shape index (κ2) is 4.71. The number of nitrogens with zero attached hydrogens (tertiary/aromatic N) is 1. The Morgan fingerprint density at radius 1 is 1.47 bits per heavy atom. The molecule has 1 N–H and O–H groups in total. The third kappa shape index (κ3) is 2.16. The van der Waals surface area contributed by atoms with Gasteiger partial charge in [-0.25, -0.2) is 0 Å². The van der Waals surface area contributed by atoms with E-state index in [-0.39, 0.29) is 5.91 Å². The first-order chi connectivity index (χ1) is 8.25. The van der Waals surface area contributed by atoms with Crippen LogP contribution in [0.25, 0.3) is 0 Å². The summed E-state index contributed by atoms with van der Waals surface area (Å²) in [7, 11) is 0. The molecule has 0 bridgehead atoms. The van der Waals surface area contributed by atoms with Crippen LogP contribution in [0.5, 0.6) is 0 Å². The van der Waals surface area contributed by atoms with Crippen LogP contribution in [-0.2, 0) is 0 Å². The van der Waals surface area contributed by atoms with E-state index in [9.17, 15) is 4.79 Å². The number of nitrogens with one attached hydrogen (secondary N) is 1. The van der Waals surface area contributed by atoms with E-state index in [1.54, 1.807) is 0 Å². The molecular weight excluding hydrogens is 300 g/mol. The fraction of sp³-hybridized carbons (Fsp3) is 0.583. The fourth-order valence-electron chi connectivity index (χ4n) is 2.81. The zero-order valence-corrected chi connectivity index (χ0v) is 11.9. The zero-order chi connectivity index (χ0) is 11.8. The molecule has 0 saturated carbocycles. The van der Waals surface area contributed by atoms with Crippen LogP contribution < -0.4 is 5.32 Å². The molecule has 0 aromatic carbocycles. The molecule has 1 amide bonds. The van der Waals surface area contributed by atoms with E-state index < -0.39 is 0 Å². The van der Waals surface area contributed by atoms with Gasteiger partial charge < -0.3 is 10.2 Å². The van der Waals surface area contributed by atoms with Crippen molar-refractivity contribution < 1.29 is 4.79 Å². The van der Waals surface area contributed by atoms with Gasteiger partial charge >= 0.3 is 0 Å². The van der Waals surface area contributed by atoms with Crippen LogP contribution in [0.3, 0.4) is 0 Å². The van der Waals surface area contributed by atoms with Gasteiger partial charge in [-0.15, -0.1) is 11.3 Å². The Labute approximate surface area is 113 Å². The SMILES string of the molecule is O=C(c1sccc1Br)N1CCC2CNCC2C1. The maximum Gasteiger partial charge on any atom is 0.265 e. The van der Waals surface area contributed by atoms with Gasteiger partial charge in [0, 0.05) is 17.6 Å². The number of thiophene rings is 1. The highest BCUT2D eigenvalue weighted by Gasteiger charge is 2.35. The Kier molecular flexibility index (Phi) is 3.23. The van der Waals surface area contributed by atoms with Gasteiger partial charge in [0.2, 0.25) is 0 Å². The third-order valence-electron chi connectivity index (χ3n) is 3.80. The molecular formula is C12H15BrN2OS. The first kappa shape index (κ1) is 11.7. The number of piperidine rings is 1. The number of rotatable bonds is 1. The molecule has 2 atom stereocenters. The predicted octanol–water partition coefficient (Wildman–Crippen LogP) is 2.19. The first-order valence-corrected chi connectivity index (χ1v) is 7.66. The smallest absolute Gasteiger partial charge is 0.265 e. The average molecular weight is 315 g/mol. The Morgan fingerprint density at radius 2 is 2.29 bits per heavy atom. The molecule has 5 heteroatoms. The van der Waals surface area contributed by atoms with E-state index in [0.29, 0.717) is 5.92 Å². The van der Waals surface area contributed by atoms with Crippen molar-refractivity contribution in [1.29, 1.82) is 0 Å². The summed E-state index contributed by atoms with van der Waals surface area (Å²) in [6.07, 6.45) is 1.15. The lowest BCUT2D eigenvalue weighted by Crippen LogP contribution is -2.43. The molecule has 0 radical (unpaired) electrons. The molecule has 3 heterocycles. The normalized spacial score (nSPS) is 28.2. The maximum atomic E-state index is 12.4. The summed E-state index contributed by atoms with van der Waals surface area (Å²) in [4.78, 5) is 15.2. The molecule has 2 saturated heterocycles. The maximum absolute atomic E-state index is 12.4. The summed E-state index contributed by atoms with van der Waals surface area (Å²) < 4.78 is 0.930. The van der Waals surface area contributed by atoms with Gasteiger partial charge in [-0.1, -0.05) is 0 Å². The van der Waals surface area contributed by atoms with Crippen LogP contribution in [0.1, 0.15) is 16.1 Å². The molecule has 3 rings (SSSR count). The number of hydrogen-bond acceptors (Lipinski definition) is 3. The van der Waals surface area contributed by atoms with Crippen LogP contribution in [0.2, 0.25) is 0 Å². The van der Waals surface area contributed by atoms with Gasteiger partial charge in [0.1, 0.15) is 4.88 Å². The monoisotopic (exact) mass is 314 g/mol. The molecule has 2 aliphatic heterocycles.